The quantitative estimate of drug-likeness (QED) is 0.797. The van der Waals surface area contributed by atoms with Gasteiger partial charge in [-0.05, 0) is 12.8 Å². The molecule has 0 unspecified atom stereocenters. The number of carbonyl (C=O) groups excluding carboxylic acids is 2. The van der Waals surface area contributed by atoms with E-state index in [0.717, 1.165) is 23.5 Å². The predicted octanol–water partition coefficient (Wildman–Crippen LogP) is 2.19. The highest BCUT2D eigenvalue weighted by molar-refractivity contribution is 7.09. The first-order valence-corrected chi connectivity index (χ1v) is 7.52. The lowest BCUT2D eigenvalue weighted by molar-refractivity contribution is -0.128. The van der Waals surface area contributed by atoms with Gasteiger partial charge >= 0.3 is 6.03 Å². The molecule has 0 N–H and O–H groups in total. The molecule has 0 aromatic carbocycles. The van der Waals surface area contributed by atoms with Crippen molar-refractivity contribution in [3.8, 4) is 0 Å². The van der Waals surface area contributed by atoms with Crippen LogP contribution >= 0.6 is 11.3 Å². The molecule has 2 aliphatic heterocycles. The van der Waals surface area contributed by atoms with Crippen LogP contribution in [0.25, 0.3) is 0 Å². The monoisotopic (exact) mass is 279 g/mol. The summed E-state index contributed by atoms with van der Waals surface area (Å²) in [6.07, 6.45) is 1.74. The molecule has 3 rings (SSSR count). The van der Waals surface area contributed by atoms with Crippen LogP contribution in [0.2, 0.25) is 0 Å². The number of hydrogen-bond donors (Lipinski definition) is 0. The molecule has 3 heterocycles. The summed E-state index contributed by atoms with van der Waals surface area (Å²) < 4.78 is 0. The number of urea groups is 1. The molecule has 0 saturated carbocycles. The molecular formula is C13H17N3O2S. The van der Waals surface area contributed by atoms with Gasteiger partial charge in [0.15, 0.2) is 0 Å². The smallest absolute Gasteiger partial charge is 0.312 e. The van der Waals surface area contributed by atoms with Crippen molar-refractivity contribution in [3.63, 3.8) is 0 Å². The maximum atomic E-state index is 12.2. The van der Waals surface area contributed by atoms with Gasteiger partial charge < -0.3 is 4.90 Å². The molecule has 2 saturated heterocycles. The average molecular weight is 279 g/mol. The van der Waals surface area contributed by atoms with Crippen LogP contribution in [0, 0.1) is 0 Å². The maximum Gasteiger partial charge on any atom is 0.327 e. The van der Waals surface area contributed by atoms with E-state index in [4.69, 9.17) is 0 Å². The molecule has 0 spiro atoms. The fourth-order valence-electron chi connectivity index (χ4n) is 2.65. The Labute approximate surface area is 116 Å². The van der Waals surface area contributed by atoms with Crippen molar-refractivity contribution in [1.29, 1.82) is 0 Å². The van der Waals surface area contributed by atoms with Gasteiger partial charge in [0.25, 0.3) is 5.91 Å². The third-order valence-electron chi connectivity index (χ3n) is 3.66. The van der Waals surface area contributed by atoms with E-state index >= 15 is 0 Å². The van der Waals surface area contributed by atoms with Crippen molar-refractivity contribution < 1.29 is 9.59 Å². The molecule has 0 bridgehead atoms. The van der Waals surface area contributed by atoms with Crippen molar-refractivity contribution >= 4 is 23.3 Å². The van der Waals surface area contributed by atoms with Crippen LogP contribution in [0.1, 0.15) is 43.3 Å². The second-order valence-electron chi connectivity index (χ2n) is 5.39. The highest BCUT2D eigenvalue weighted by Crippen LogP contribution is 2.29. The highest BCUT2D eigenvalue weighted by Gasteiger charge is 2.47. The van der Waals surface area contributed by atoms with Gasteiger partial charge in [0.05, 0.1) is 17.2 Å². The lowest BCUT2D eigenvalue weighted by atomic mass is 10.2. The molecule has 1 aromatic rings. The summed E-state index contributed by atoms with van der Waals surface area (Å²) in [5, 5.41) is 2.99. The molecule has 3 amide bonds. The molecule has 1 atom stereocenters. The number of hydrogen-bond acceptors (Lipinski definition) is 4. The van der Waals surface area contributed by atoms with E-state index in [1.807, 2.05) is 5.38 Å². The number of rotatable bonds is 3. The molecule has 2 fully saturated rings. The summed E-state index contributed by atoms with van der Waals surface area (Å²) in [6.45, 7) is 5.20. The van der Waals surface area contributed by atoms with E-state index in [2.05, 4.69) is 18.8 Å². The number of aromatic nitrogens is 1. The van der Waals surface area contributed by atoms with Gasteiger partial charge in [-0.1, -0.05) is 13.8 Å². The molecule has 1 aromatic heterocycles. The molecule has 102 valence electrons. The summed E-state index contributed by atoms with van der Waals surface area (Å²) in [7, 11) is 0. The molecule has 6 heteroatoms. The van der Waals surface area contributed by atoms with Gasteiger partial charge in [-0.25, -0.2) is 9.78 Å². The van der Waals surface area contributed by atoms with Crippen LogP contribution in [0.4, 0.5) is 4.79 Å². The first-order chi connectivity index (χ1) is 9.08. The Balaban J connectivity index is 1.76. The number of nitrogens with zero attached hydrogens (tertiary/aromatic N) is 3. The van der Waals surface area contributed by atoms with Crippen molar-refractivity contribution in [1.82, 2.24) is 14.8 Å². The molecule has 0 radical (unpaired) electrons. The number of thiazole rings is 1. The molecule has 0 aliphatic carbocycles. The number of fused-ring (bicyclic) bond motifs is 1. The molecule has 2 aliphatic rings. The van der Waals surface area contributed by atoms with Gasteiger partial charge in [0.1, 0.15) is 6.04 Å². The fraction of sp³-hybridized carbons (Fsp3) is 0.615. The summed E-state index contributed by atoms with van der Waals surface area (Å²) in [5.41, 5.74) is 0.816. The van der Waals surface area contributed by atoms with E-state index in [9.17, 15) is 9.59 Å². The standard InChI is InChI=1S/C13H17N3O2S/c1-8(2)11-14-9(7-19-11)6-16-12(17)10-4-3-5-15(10)13(16)18/h7-8,10H,3-6H2,1-2H3/t10-/m0/s1. The Morgan fingerprint density at radius 3 is 2.89 bits per heavy atom. The minimum atomic E-state index is -0.212. The van der Waals surface area contributed by atoms with Crippen molar-refractivity contribution in [2.24, 2.45) is 0 Å². The lowest BCUT2D eigenvalue weighted by Gasteiger charge is -2.14. The summed E-state index contributed by atoms with van der Waals surface area (Å²) in [5.74, 6) is 0.327. The van der Waals surface area contributed by atoms with E-state index in [1.165, 1.54) is 4.90 Å². The first-order valence-electron chi connectivity index (χ1n) is 6.64. The third-order valence-corrected chi connectivity index (χ3v) is 4.86. The second kappa shape index (κ2) is 4.59. The van der Waals surface area contributed by atoms with Crippen LogP contribution in [-0.4, -0.2) is 39.3 Å². The van der Waals surface area contributed by atoms with E-state index in [0.29, 0.717) is 19.0 Å². The van der Waals surface area contributed by atoms with Crippen LogP contribution in [0.5, 0.6) is 0 Å². The van der Waals surface area contributed by atoms with Crippen LogP contribution in [0.3, 0.4) is 0 Å². The Bertz CT molecular complexity index is 504. The third kappa shape index (κ3) is 2.04. The second-order valence-corrected chi connectivity index (χ2v) is 6.28. The van der Waals surface area contributed by atoms with Crippen molar-refractivity contribution in [2.45, 2.75) is 45.2 Å². The summed E-state index contributed by atoms with van der Waals surface area (Å²) >= 11 is 1.59. The van der Waals surface area contributed by atoms with Gasteiger partial charge in [-0.3, -0.25) is 9.69 Å². The fourth-order valence-corrected chi connectivity index (χ4v) is 3.48. The SMILES string of the molecule is CC(C)c1nc(CN2C(=O)[C@@H]3CCCN3C2=O)cs1. The van der Waals surface area contributed by atoms with Crippen LogP contribution in [-0.2, 0) is 11.3 Å². The zero-order valence-corrected chi connectivity index (χ0v) is 11.9. The zero-order valence-electron chi connectivity index (χ0n) is 11.1. The van der Waals surface area contributed by atoms with Gasteiger partial charge in [0.2, 0.25) is 0 Å². The van der Waals surface area contributed by atoms with Gasteiger partial charge in [0, 0.05) is 17.8 Å². The zero-order chi connectivity index (χ0) is 13.6. The Morgan fingerprint density at radius 2 is 2.26 bits per heavy atom. The van der Waals surface area contributed by atoms with Crippen molar-refractivity contribution in [2.75, 3.05) is 6.54 Å². The summed E-state index contributed by atoms with van der Waals surface area (Å²) in [4.78, 5) is 31.9. The normalized spacial score (nSPS) is 22.8. The number of carbonyl (C=O) groups is 2. The highest BCUT2D eigenvalue weighted by atomic mass is 32.1. The minimum absolute atomic E-state index is 0.0541. The minimum Gasteiger partial charge on any atom is -0.312 e. The summed E-state index contributed by atoms with van der Waals surface area (Å²) in [6, 6.07) is -0.359. The topological polar surface area (TPSA) is 53.5 Å². The Morgan fingerprint density at radius 1 is 1.47 bits per heavy atom. The van der Waals surface area contributed by atoms with E-state index in [1.54, 1.807) is 16.2 Å². The Hall–Kier alpha value is -1.43. The van der Waals surface area contributed by atoms with E-state index < -0.39 is 0 Å². The average Bonchev–Trinajstić information content (AvgIpc) is 3.06. The van der Waals surface area contributed by atoms with Crippen LogP contribution in [0.15, 0.2) is 5.38 Å². The first kappa shape index (κ1) is 12.6. The largest absolute Gasteiger partial charge is 0.327 e. The van der Waals surface area contributed by atoms with Gasteiger partial charge in [-0.2, -0.15) is 0 Å². The predicted molar refractivity (Wildman–Crippen MR) is 71.9 cm³/mol. The van der Waals surface area contributed by atoms with Gasteiger partial charge in [-0.15, -0.1) is 11.3 Å². The molecule has 5 nitrogen and oxygen atoms in total. The number of amides is 3. The van der Waals surface area contributed by atoms with E-state index in [-0.39, 0.29) is 18.0 Å². The van der Waals surface area contributed by atoms with Crippen LogP contribution < -0.4 is 0 Å². The molecular weight excluding hydrogens is 262 g/mol. The maximum absolute atomic E-state index is 12.2. The molecule has 19 heavy (non-hydrogen) atoms. The lowest BCUT2D eigenvalue weighted by Crippen LogP contribution is -2.32. The van der Waals surface area contributed by atoms with Crippen molar-refractivity contribution in [3.05, 3.63) is 16.1 Å². The number of imide groups is 1. The Kier molecular flexibility index (Phi) is 3.05.